The summed E-state index contributed by atoms with van der Waals surface area (Å²) in [7, 11) is 2.00. The highest BCUT2D eigenvalue weighted by molar-refractivity contribution is 4.74. The summed E-state index contributed by atoms with van der Waals surface area (Å²) in [5, 5.41) is 40.0. The highest BCUT2D eigenvalue weighted by Crippen LogP contribution is 2.18. The molecular formula is C14H34O5. The van der Waals surface area contributed by atoms with E-state index < -0.39 is 5.41 Å². The minimum Gasteiger partial charge on any atom is -0.400 e. The van der Waals surface area contributed by atoms with Crippen molar-refractivity contribution in [3.8, 4) is 0 Å². The minimum atomic E-state index is -0.667. The number of hydrogen-bond donors (Lipinski definition) is 5. The van der Waals surface area contributed by atoms with Gasteiger partial charge in [0.05, 0.1) is 19.8 Å². The second kappa shape index (κ2) is 20.1. The predicted molar refractivity (Wildman–Crippen MR) is 78.0 cm³/mol. The molecule has 0 bridgehead atoms. The van der Waals surface area contributed by atoms with Crippen LogP contribution in [-0.2, 0) is 0 Å². The van der Waals surface area contributed by atoms with E-state index in [0.717, 1.165) is 14.2 Å². The number of hydrogen-bond acceptors (Lipinski definition) is 5. The molecule has 120 valence electrons. The van der Waals surface area contributed by atoms with E-state index in [4.69, 9.17) is 25.5 Å². The third kappa shape index (κ3) is 14.0. The first-order valence-corrected chi connectivity index (χ1v) is 6.96. The minimum absolute atomic E-state index is 0.156. The Bertz CT molecular complexity index is 105. The molecule has 0 spiro atoms. The summed E-state index contributed by atoms with van der Waals surface area (Å²) >= 11 is 0. The van der Waals surface area contributed by atoms with E-state index in [-0.39, 0.29) is 19.8 Å². The van der Waals surface area contributed by atoms with Gasteiger partial charge >= 0.3 is 0 Å². The van der Waals surface area contributed by atoms with Crippen LogP contribution < -0.4 is 0 Å². The zero-order valence-corrected chi connectivity index (χ0v) is 12.8. The number of rotatable bonds is 4. The zero-order valence-electron chi connectivity index (χ0n) is 12.8. The number of aliphatic hydroxyl groups is 5. The van der Waals surface area contributed by atoms with Crippen LogP contribution in [0, 0.1) is 5.41 Å². The van der Waals surface area contributed by atoms with Gasteiger partial charge in [0.2, 0.25) is 0 Å². The molecule has 0 amide bonds. The number of aliphatic hydroxyl groups excluding tert-OH is 5. The van der Waals surface area contributed by atoms with Gasteiger partial charge < -0.3 is 25.5 Å². The molecule has 1 rings (SSSR count). The lowest BCUT2D eigenvalue weighted by Gasteiger charge is -2.24. The Hall–Kier alpha value is -0.200. The van der Waals surface area contributed by atoms with Gasteiger partial charge in [0, 0.05) is 19.6 Å². The van der Waals surface area contributed by atoms with E-state index in [0.29, 0.717) is 6.42 Å². The molecule has 0 aromatic heterocycles. The second-order valence-corrected chi connectivity index (χ2v) is 4.45. The molecule has 5 heteroatoms. The summed E-state index contributed by atoms with van der Waals surface area (Å²) in [4.78, 5) is 0. The van der Waals surface area contributed by atoms with Crippen molar-refractivity contribution in [3.05, 3.63) is 0 Å². The van der Waals surface area contributed by atoms with E-state index in [1.165, 1.54) is 38.5 Å². The smallest absolute Gasteiger partial charge is 0.0531 e. The maximum Gasteiger partial charge on any atom is 0.0531 e. The van der Waals surface area contributed by atoms with E-state index in [2.05, 4.69) is 0 Å². The van der Waals surface area contributed by atoms with Crippen molar-refractivity contribution in [1.29, 1.82) is 0 Å². The summed E-state index contributed by atoms with van der Waals surface area (Å²) in [6.07, 6.45) is 9.59. The van der Waals surface area contributed by atoms with Crippen molar-refractivity contribution >= 4 is 0 Å². The third-order valence-electron chi connectivity index (χ3n) is 3.26. The summed E-state index contributed by atoms with van der Waals surface area (Å²) in [6, 6.07) is 0. The van der Waals surface area contributed by atoms with E-state index in [1.807, 2.05) is 6.92 Å². The first kappa shape index (κ1) is 23.9. The van der Waals surface area contributed by atoms with Gasteiger partial charge in [-0.25, -0.2) is 0 Å². The molecule has 5 N–H and O–H groups in total. The fraction of sp³-hybridized carbons (Fsp3) is 1.00. The van der Waals surface area contributed by atoms with Crippen LogP contribution in [0.25, 0.3) is 0 Å². The van der Waals surface area contributed by atoms with Crippen molar-refractivity contribution in [2.45, 2.75) is 51.9 Å². The molecule has 19 heavy (non-hydrogen) atoms. The summed E-state index contributed by atoms with van der Waals surface area (Å²) < 4.78 is 0. The van der Waals surface area contributed by atoms with Gasteiger partial charge in [0.25, 0.3) is 0 Å². The lowest BCUT2D eigenvalue weighted by molar-refractivity contribution is 0.00304. The van der Waals surface area contributed by atoms with Gasteiger partial charge in [-0.1, -0.05) is 45.4 Å². The molecule has 0 aromatic rings. The Morgan fingerprint density at radius 3 is 0.895 bits per heavy atom. The zero-order chi connectivity index (χ0) is 15.6. The van der Waals surface area contributed by atoms with E-state index in [1.54, 1.807) is 0 Å². The summed E-state index contributed by atoms with van der Waals surface area (Å²) in [5.74, 6) is 0. The molecule has 1 aliphatic carbocycles. The largest absolute Gasteiger partial charge is 0.400 e. The molecule has 0 aliphatic heterocycles. The van der Waals surface area contributed by atoms with Crippen LogP contribution in [0.15, 0.2) is 0 Å². The van der Waals surface area contributed by atoms with Gasteiger partial charge in [-0.3, -0.25) is 0 Å². The Labute approximate surface area is 117 Å². The molecule has 0 aromatic carbocycles. The molecular weight excluding hydrogens is 248 g/mol. The molecule has 0 saturated heterocycles. The van der Waals surface area contributed by atoms with Crippen molar-refractivity contribution < 1.29 is 25.5 Å². The molecule has 1 aliphatic rings. The highest BCUT2D eigenvalue weighted by atomic mass is 16.3. The van der Waals surface area contributed by atoms with Crippen molar-refractivity contribution in [3.63, 3.8) is 0 Å². The Balaban J connectivity index is -0.000000221. The molecule has 0 atom stereocenters. The lowest BCUT2D eigenvalue weighted by atomic mass is 9.88. The monoisotopic (exact) mass is 282 g/mol. The van der Waals surface area contributed by atoms with Crippen LogP contribution in [0.5, 0.6) is 0 Å². The van der Waals surface area contributed by atoms with Gasteiger partial charge in [0.1, 0.15) is 0 Å². The first-order valence-electron chi connectivity index (χ1n) is 6.96. The molecule has 0 radical (unpaired) electrons. The van der Waals surface area contributed by atoms with Gasteiger partial charge in [-0.2, -0.15) is 0 Å². The molecule has 5 nitrogen and oxygen atoms in total. The van der Waals surface area contributed by atoms with Crippen LogP contribution in [0.2, 0.25) is 0 Å². The molecule has 0 unspecified atom stereocenters. The van der Waals surface area contributed by atoms with Gasteiger partial charge in [0.15, 0.2) is 0 Å². The SMILES string of the molecule is C1CCCCC1.CCC(CO)(CO)CO.CO.CO. The van der Waals surface area contributed by atoms with Crippen molar-refractivity contribution in [1.82, 2.24) is 0 Å². The maximum atomic E-state index is 8.66. The average molecular weight is 282 g/mol. The quantitative estimate of drug-likeness (QED) is 0.528. The normalized spacial score (nSPS) is 13.9. The lowest BCUT2D eigenvalue weighted by Crippen LogP contribution is -2.32. The fourth-order valence-corrected chi connectivity index (χ4v) is 1.55. The fourth-order valence-electron chi connectivity index (χ4n) is 1.55. The van der Waals surface area contributed by atoms with Crippen LogP contribution in [0.4, 0.5) is 0 Å². The van der Waals surface area contributed by atoms with Crippen LogP contribution in [0.1, 0.15) is 51.9 Å². The van der Waals surface area contributed by atoms with Gasteiger partial charge in [-0.15, -0.1) is 0 Å². The molecule has 1 saturated carbocycles. The van der Waals surface area contributed by atoms with E-state index in [9.17, 15) is 0 Å². The highest BCUT2D eigenvalue weighted by Gasteiger charge is 2.24. The van der Waals surface area contributed by atoms with Crippen LogP contribution in [-0.4, -0.2) is 59.6 Å². The third-order valence-corrected chi connectivity index (χ3v) is 3.26. The average Bonchev–Trinajstić information content (AvgIpc) is 2.56. The standard InChI is InChI=1S/C6H14O3.C6H12.2CH4O/c1-2-6(3-7,4-8)5-9;1-2-4-6-5-3-1;2*1-2/h7-9H,2-5H2,1H3;1-6H2;2*2H,1H3. The Morgan fingerprint density at radius 2 is 0.842 bits per heavy atom. The molecule has 0 heterocycles. The van der Waals surface area contributed by atoms with Crippen LogP contribution in [0.3, 0.4) is 0 Å². The Kier molecular flexibility index (Phi) is 25.3. The Morgan fingerprint density at radius 1 is 0.632 bits per heavy atom. The summed E-state index contributed by atoms with van der Waals surface area (Å²) in [6.45, 7) is 1.35. The molecule has 1 fully saturated rings. The summed E-state index contributed by atoms with van der Waals surface area (Å²) in [5.41, 5.74) is -0.667. The first-order chi connectivity index (χ1) is 9.24. The second-order valence-electron chi connectivity index (χ2n) is 4.45. The topological polar surface area (TPSA) is 101 Å². The predicted octanol–water partition coefficient (Wildman–Crippen LogP) is 0.917. The maximum absolute atomic E-state index is 8.66. The van der Waals surface area contributed by atoms with E-state index >= 15 is 0 Å². The van der Waals surface area contributed by atoms with Crippen molar-refractivity contribution in [2.24, 2.45) is 5.41 Å². The van der Waals surface area contributed by atoms with Crippen LogP contribution >= 0.6 is 0 Å². The van der Waals surface area contributed by atoms with Gasteiger partial charge in [-0.05, 0) is 6.42 Å². The van der Waals surface area contributed by atoms with Crippen molar-refractivity contribution in [2.75, 3.05) is 34.0 Å².